The molecule has 0 aliphatic heterocycles. The highest BCUT2D eigenvalue weighted by Crippen LogP contribution is 2.38. The fourth-order valence-electron chi connectivity index (χ4n) is 2.06. The standard InChI is InChI=1S/C14H14N2O/c15-12-7-11(12)13-6-5-9(8-16-13)10-3-1-2-4-14(10)17/h1-6,8,11-12,17H,7,15H2/t11-,12-/m0/s1. The molecule has 2 atom stereocenters. The number of rotatable bonds is 2. The quantitative estimate of drug-likeness (QED) is 0.825. The lowest BCUT2D eigenvalue weighted by molar-refractivity contribution is 0.477. The molecule has 1 heterocycles. The van der Waals surface area contributed by atoms with E-state index >= 15 is 0 Å². The van der Waals surface area contributed by atoms with Gasteiger partial charge in [0.1, 0.15) is 5.75 Å². The first-order chi connectivity index (χ1) is 8.25. The number of aromatic hydroxyl groups is 1. The molecule has 0 radical (unpaired) electrons. The van der Waals surface area contributed by atoms with Crippen molar-refractivity contribution in [2.45, 2.75) is 18.4 Å². The first-order valence-electron chi connectivity index (χ1n) is 5.75. The van der Waals surface area contributed by atoms with Gasteiger partial charge in [0, 0.05) is 35.0 Å². The number of nitrogens with two attached hydrogens (primary N) is 1. The molecule has 1 saturated carbocycles. The number of hydrogen-bond acceptors (Lipinski definition) is 3. The molecule has 3 heteroatoms. The van der Waals surface area contributed by atoms with Crippen LogP contribution in [0.15, 0.2) is 42.6 Å². The van der Waals surface area contributed by atoms with Gasteiger partial charge >= 0.3 is 0 Å². The molecular weight excluding hydrogens is 212 g/mol. The molecule has 1 aromatic heterocycles. The summed E-state index contributed by atoms with van der Waals surface area (Å²) in [6.07, 6.45) is 2.83. The van der Waals surface area contributed by atoms with E-state index in [0.717, 1.165) is 23.2 Å². The van der Waals surface area contributed by atoms with Crippen molar-refractivity contribution in [3.8, 4) is 16.9 Å². The Balaban J connectivity index is 1.92. The second-order valence-corrected chi connectivity index (χ2v) is 4.49. The van der Waals surface area contributed by atoms with Gasteiger partial charge in [-0.15, -0.1) is 0 Å². The van der Waals surface area contributed by atoms with Crippen molar-refractivity contribution in [3.63, 3.8) is 0 Å². The van der Waals surface area contributed by atoms with Crippen LogP contribution in [0.25, 0.3) is 11.1 Å². The van der Waals surface area contributed by atoms with Gasteiger partial charge < -0.3 is 10.8 Å². The number of benzene rings is 1. The van der Waals surface area contributed by atoms with Crippen molar-refractivity contribution in [3.05, 3.63) is 48.3 Å². The Morgan fingerprint density at radius 3 is 2.53 bits per heavy atom. The molecule has 0 unspecified atom stereocenters. The van der Waals surface area contributed by atoms with Crippen molar-refractivity contribution in [1.29, 1.82) is 0 Å². The van der Waals surface area contributed by atoms with Crippen molar-refractivity contribution in [1.82, 2.24) is 4.98 Å². The molecule has 2 aromatic rings. The number of phenols is 1. The molecule has 1 aliphatic carbocycles. The van der Waals surface area contributed by atoms with Crippen LogP contribution in [0.5, 0.6) is 5.75 Å². The summed E-state index contributed by atoms with van der Waals surface area (Å²) in [4.78, 5) is 4.42. The van der Waals surface area contributed by atoms with Gasteiger partial charge in [0.05, 0.1) is 0 Å². The van der Waals surface area contributed by atoms with Crippen LogP contribution < -0.4 is 5.73 Å². The minimum Gasteiger partial charge on any atom is -0.507 e. The maximum atomic E-state index is 9.75. The van der Waals surface area contributed by atoms with Gasteiger partial charge in [0.2, 0.25) is 0 Å². The summed E-state index contributed by atoms with van der Waals surface area (Å²) in [5.74, 6) is 0.707. The highest BCUT2D eigenvalue weighted by Gasteiger charge is 2.35. The largest absolute Gasteiger partial charge is 0.507 e. The SMILES string of the molecule is N[C@H]1C[C@@H]1c1ccc(-c2ccccc2O)cn1. The smallest absolute Gasteiger partial charge is 0.123 e. The fraction of sp³-hybridized carbons (Fsp3) is 0.214. The van der Waals surface area contributed by atoms with Crippen molar-refractivity contribution in [2.24, 2.45) is 5.73 Å². The maximum Gasteiger partial charge on any atom is 0.123 e. The highest BCUT2D eigenvalue weighted by atomic mass is 16.3. The lowest BCUT2D eigenvalue weighted by atomic mass is 10.1. The normalized spacial score (nSPS) is 22.4. The van der Waals surface area contributed by atoms with Gasteiger partial charge in [0.25, 0.3) is 0 Å². The lowest BCUT2D eigenvalue weighted by Crippen LogP contribution is -2.01. The van der Waals surface area contributed by atoms with E-state index in [2.05, 4.69) is 4.98 Å². The zero-order valence-electron chi connectivity index (χ0n) is 9.38. The number of para-hydroxylation sites is 1. The van der Waals surface area contributed by atoms with Crippen molar-refractivity contribution >= 4 is 0 Å². The van der Waals surface area contributed by atoms with Gasteiger partial charge in [-0.1, -0.05) is 24.3 Å². The number of hydrogen-bond donors (Lipinski definition) is 2. The molecule has 3 nitrogen and oxygen atoms in total. The first-order valence-corrected chi connectivity index (χ1v) is 5.75. The molecule has 0 spiro atoms. The molecule has 86 valence electrons. The van der Waals surface area contributed by atoms with E-state index in [9.17, 15) is 5.11 Å². The third-order valence-electron chi connectivity index (χ3n) is 3.22. The third-order valence-corrected chi connectivity index (χ3v) is 3.22. The predicted molar refractivity (Wildman–Crippen MR) is 66.7 cm³/mol. The van der Waals surface area contributed by atoms with E-state index in [1.54, 1.807) is 12.3 Å². The first kappa shape index (κ1) is 10.3. The molecule has 0 amide bonds. The van der Waals surface area contributed by atoms with Gasteiger partial charge in [-0.05, 0) is 18.6 Å². The minimum absolute atomic E-state index is 0.276. The molecule has 3 N–H and O–H groups in total. The molecular formula is C14H14N2O. The Morgan fingerprint density at radius 1 is 1.18 bits per heavy atom. The average molecular weight is 226 g/mol. The Hall–Kier alpha value is -1.87. The maximum absolute atomic E-state index is 9.75. The van der Waals surface area contributed by atoms with Crippen molar-refractivity contribution < 1.29 is 5.11 Å². The lowest BCUT2D eigenvalue weighted by Gasteiger charge is -2.05. The summed E-state index contributed by atoms with van der Waals surface area (Å²) in [5, 5.41) is 9.75. The van der Waals surface area contributed by atoms with Crippen LogP contribution in [0.1, 0.15) is 18.0 Å². The zero-order chi connectivity index (χ0) is 11.8. The Bertz CT molecular complexity index is 536. The van der Waals surface area contributed by atoms with Gasteiger partial charge in [0.15, 0.2) is 0 Å². The molecule has 1 aliphatic rings. The number of phenolic OH excluding ortho intramolecular Hbond substituents is 1. The number of pyridine rings is 1. The molecule has 0 saturated heterocycles. The zero-order valence-corrected chi connectivity index (χ0v) is 9.38. The molecule has 17 heavy (non-hydrogen) atoms. The third kappa shape index (κ3) is 1.89. The Kier molecular flexibility index (Phi) is 2.34. The second-order valence-electron chi connectivity index (χ2n) is 4.49. The number of nitrogens with zero attached hydrogens (tertiary/aromatic N) is 1. The minimum atomic E-state index is 0.276. The number of aromatic nitrogens is 1. The molecule has 1 fully saturated rings. The molecule has 3 rings (SSSR count). The van der Waals surface area contributed by atoms with Crippen molar-refractivity contribution in [2.75, 3.05) is 0 Å². The topological polar surface area (TPSA) is 59.1 Å². The van der Waals surface area contributed by atoms with Gasteiger partial charge in [-0.3, -0.25) is 4.98 Å². The van der Waals surface area contributed by atoms with Crippen LogP contribution in [0.4, 0.5) is 0 Å². The summed E-state index contributed by atoms with van der Waals surface area (Å²) in [6.45, 7) is 0. The van der Waals surface area contributed by atoms with Crippen LogP contribution in [0.3, 0.4) is 0 Å². The van der Waals surface area contributed by atoms with E-state index in [1.165, 1.54) is 0 Å². The summed E-state index contributed by atoms with van der Waals surface area (Å²) >= 11 is 0. The Morgan fingerprint density at radius 2 is 1.94 bits per heavy atom. The van der Waals surface area contributed by atoms with E-state index < -0.39 is 0 Å². The monoisotopic (exact) mass is 226 g/mol. The van der Waals surface area contributed by atoms with E-state index in [-0.39, 0.29) is 11.8 Å². The van der Waals surface area contributed by atoms with E-state index in [4.69, 9.17) is 5.73 Å². The van der Waals surface area contributed by atoms with Crippen LogP contribution >= 0.6 is 0 Å². The summed E-state index contributed by atoms with van der Waals surface area (Å²) in [6, 6.07) is 11.5. The highest BCUT2D eigenvalue weighted by molar-refractivity contribution is 5.69. The van der Waals surface area contributed by atoms with Crippen LogP contribution in [0, 0.1) is 0 Å². The second kappa shape index (κ2) is 3.86. The van der Waals surface area contributed by atoms with Gasteiger partial charge in [-0.2, -0.15) is 0 Å². The summed E-state index contributed by atoms with van der Waals surface area (Å²) in [7, 11) is 0. The Labute approximate surface area is 99.9 Å². The summed E-state index contributed by atoms with van der Waals surface area (Å²) < 4.78 is 0. The van der Waals surface area contributed by atoms with Crippen LogP contribution in [0.2, 0.25) is 0 Å². The molecule has 0 bridgehead atoms. The van der Waals surface area contributed by atoms with E-state index in [0.29, 0.717) is 5.92 Å². The summed E-state index contributed by atoms with van der Waals surface area (Å²) in [5.41, 5.74) is 8.59. The van der Waals surface area contributed by atoms with Crippen LogP contribution in [-0.2, 0) is 0 Å². The van der Waals surface area contributed by atoms with Crippen LogP contribution in [-0.4, -0.2) is 16.1 Å². The molecule has 1 aromatic carbocycles. The predicted octanol–water partition coefficient (Wildman–Crippen LogP) is 2.27. The van der Waals surface area contributed by atoms with E-state index in [1.807, 2.05) is 30.3 Å². The fourth-order valence-corrected chi connectivity index (χ4v) is 2.06. The van der Waals surface area contributed by atoms with Gasteiger partial charge in [-0.25, -0.2) is 0 Å². The average Bonchev–Trinajstić information content (AvgIpc) is 3.07.